The van der Waals surface area contributed by atoms with Gasteiger partial charge in [-0.25, -0.2) is 0 Å². The van der Waals surface area contributed by atoms with Crippen molar-refractivity contribution in [2.75, 3.05) is 29.9 Å². The molecule has 0 radical (unpaired) electrons. The van der Waals surface area contributed by atoms with Gasteiger partial charge in [-0.15, -0.1) is 0 Å². The molecule has 0 saturated carbocycles. The molecule has 0 saturated heterocycles. The van der Waals surface area contributed by atoms with Crippen molar-refractivity contribution < 1.29 is 0 Å². The number of anilines is 2. The van der Waals surface area contributed by atoms with Gasteiger partial charge in [0.15, 0.2) is 5.11 Å². The number of nitrogens with zero attached hydrogens (tertiary/aromatic N) is 1. The molecule has 1 aromatic carbocycles. The van der Waals surface area contributed by atoms with E-state index in [0.717, 1.165) is 25.3 Å². The van der Waals surface area contributed by atoms with Crippen molar-refractivity contribution >= 4 is 28.7 Å². The molecule has 3 nitrogen and oxygen atoms in total. The molecule has 1 aromatic rings. The van der Waals surface area contributed by atoms with Gasteiger partial charge in [0.2, 0.25) is 0 Å². The summed E-state index contributed by atoms with van der Waals surface area (Å²) in [7, 11) is 0. The average Bonchev–Trinajstić information content (AvgIpc) is 2.33. The summed E-state index contributed by atoms with van der Waals surface area (Å²) >= 11 is 5.13. The van der Waals surface area contributed by atoms with Crippen LogP contribution >= 0.6 is 12.2 Å². The minimum Gasteiger partial charge on any atom is -0.372 e. The van der Waals surface area contributed by atoms with E-state index in [1.807, 2.05) is 6.92 Å². The lowest BCUT2D eigenvalue weighted by Crippen LogP contribution is -2.28. The summed E-state index contributed by atoms with van der Waals surface area (Å²) in [6, 6.07) is 8.34. The first-order valence-corrected chi connectivity index (χ1v) is 6.51. The first kappa shape index (κ1) is 13.8. The average molecular weight is 251 g/mol. The van der Waals surface area contributed by atoms with E-state index in [-0.39, 0.29) is 0 Å². The lowest BCUT2D eigenvalue weighted by atomic mass is 10.2. The Labute approximate surface area is 109 Å². The van der Waals surface area contributed by atoms with E-state index in [0.29, 0.717) is 5.11 Å². The molecule has 0 aliphatic carbocycles. The lowest BCUT2D eigenvalue weighted by molar-refractivity contribution is 0.866. The van der Waals surface area contributed by atoms with E-state index < -0.39 is 0 Å². The molecule has 0 aliphatic rings. The molecule has 17 heavy (non-hydrogen) atoms. The SMILES string of the molecule is CCNC(=S)Nc1ccc(N(CC)CC)cc1. The van der Waals surface area contributed by atoms with Gasteiger partial charge in [0.25, 0.3) is 0 Å². The molecule has 0 unspecified atom stereocenters. The minimum atomic E-state index is 0.670. The highest BCUT2D eigenvalue weighted by Crippen LogP contribution is 2.17. The third-order valence-corrected chi connectivity index (χ3v) is 2.84. The number of hydrogen-bond donors (Lipinski definition) is 2. The third-order valence-electron chi connectivity index (χ3n) is 2.59. The van der Waals surface area contributed by atoms with Crippen LogP contribution in [0.1, 0.15) is 20.8 Å². The van der Waals surface area contributed by atoms with Crippen LogP contribution in [-0.2, 0) is 0 Å². The summed E-state index contributed by atoms with van der Waals surface area (Å²) in [5, 5.41) is 6.88. The van der Waals surface area contributed by atoms with Gasteiger partial charge in [0, 0.05) is 31.0 Å². The summed E-state index contributed by atoms with van der Waals surface area (Å²) in [6.45, 7) is 9.24. The quantitative estimate of drug-likeness (QED) is 0.787. The summed E-state index contributed by atoms with van der Waals surface area (Å²) in [4.78, 5) is 2.31. The van der Waals surface area contributed by atoms with Gasteiger partial charge in [-0.05, 0) is 57.3 Å². The first-order valence-electron chi connectivity index (χ1n) is 6.11. The van der Waals surface area contributed by atoms with Gasteiger partial charge in [-0.2, -0.15) is 0 Å². The van der Waals surface area contributed by atoms with Crippen LogP contribution in [0.2, 0.25) is 0 Å². The molecule has 1 rings (SSSR count). The number of thiocarbonyl (C=S) groups is 1. The second-order valence-corrected chi connectivity index (χ2v) is 4.11. The second-order valence-electron chi connectivity index (χ2n) is 3.70. The normalized spacial score (nSPS) is 9.82. The Balaban J connectivity index is 2.64. The topological polar surface area (TPSA) is 27.3 Å². The van der Waals surface area contributed by atoms with Crippen LogP contribution in [0.5, 0.6) is 0 Å². The molecule has 0 aromatic heterocycles. The van der Waals surface area contributed by atoms with E-state index in [4.69, 9.17) is 12.2 Å². The number of rotatable bonds is 5. The Hall–Kier alpha value is -1.29. The Morgan fingerprint density at radius 3 is 2.18 bits per heavy atom. The summed E-state index contributed by atoms with van der Waals surface area (Å²) in [5.74, 6) is 0. The van der Waals surface area contributed by atoms with Gasteiger partial charge >= 0.3 is 0 Å². The maximum absolute atomic E-state index is 5.13. The largest absolute Gasteiger partial charge is 0.372 e. The number of nitrogens with one attached hydrogen (secondary N) is 2. The lowest BCUT2D eigenvalue weighted by Gasteiger charge is -2.21. The number of benzene rings is 1. The summed E-state index contributed by atoms with van der Waals surface area (Å²) in [6.07, 6.45) is 0. The predicted octanol–water partition coefficient (Wildman–Crippen LogP) is 2.84. The van der Waals surface area contributed by atoms with Gasteiger partial charge in [-0.3, -0.25) is 0 Å². The van der Waals surface area contributed by atoms with Crippen LogP contribution in [0.25, 0.3) is 0 Å². The Kier molecular flexibility index (Phi) is 5.77. The van der Waals surface area contributed by atoms with E-state index in [1.54, 1.807) is 0 Å². The fraction of sp³-hybridized carbons (Fsp3) is 0.462. The minimum absolute atomic E-state index is 0.670. The molecule has 0 fully saturated rings. The predicted molar refractivity (Wildman–Crippen MR) is 79.9 cm³/mol. The Bertz CT molecular complexity index is 344. The van der Waals surface area contributed by atoms with Gasteiger partial charge < -0.3 is 15.5 Å². The van der Waals surface area contributed by atoms with Crippen LogP contribution in [0.15, 0.2) is 24.3 Å². The highest BCUT2D eigenvalue weighted by atomic mass is 32.1. The molecule has 0 aliphatic heterocycles. The van der Waals surface area contributed by atoms with Crippen molar-refractivity contribution in [2.45, 2.75) is 20.8 Å². The second kappa shape index (κ2) is 7.12. The molecule has 0 bridgehead atoms. The molecular formula is C13H21N3S. The zero-order chi connectivity index (χ0) is 12.7. The molecule has 0 atom stereocenters. The fourth-order valence-electron chi connectivity index (χ4n) is 1.68. The van der Waals surface area contributed by atoms with E-state index in [2.05, 4.69) is 53.6 Å². The van der Waals surface area contributed by atoms with Crippen molar-refractivity contribution in [1.29, 1.82) is 0 Å². The summed E-state index contributed by atoms with van der Waals surface area (Å²) < 4.78 is 0. The molecular weight excluding hydrogens is 230 g/mol. The monoisotopic (exact) mass is 251 g/mol. The van der Waals surface area contributed by atoms with Crippen LogP contribution in [0.4, 0.5) is 11.4 Å². The molecule has 94 valence electrons. The highest BCUT2D eigenvalue weighted by Gasteiger charge is 2.01. The van der Waals surface area contributed by atoms with E-state index >= 15 is 0 Å². The fourth-order valence-corrected chi connectivity index (χ4v) is 1.94. The van der Waals surface area contributed by atoms with Crippen molar-refractivity contribution in [3.8, 4) is 0 Å². The van der Waals surface area contributed by atoms with Crippen LogP contribution in [0, 0.1) is 0 Å². The standard InChI is InChI=1S/C13H21N3S/c1-4-14-13(17)15-11-7-9-12(10-8-11)16(5-2)6-3/h7-10H,4-6H2,1-3H3,(H2,14,15,17). The maximum atomic E-state index is 5.13. The van der Waals surface area contributed by atoms with Crippen LogP contribution in [0.3, 0.4) is 0 Å². The van der Waals surface area contributed by atoms with Crippen LogP contribution in [-0.4, -0.2) is 24.7 Å². The van der Waals surface area contributed by atoms with Gasteiger partial charge in [-0.1, -0.05) is 0 Å². The maximum Gasteiger partial charge on any atom is 0.170 e. The van der Waals surface area contributed by atoms with Gasteiger partial charge in [0.05, 0.1) is 0 Å². The smallest absolute Gasteiger partial charge is 0.170 e. The summed E-state index contributed by atoms with van der Waals surface area (Å²) in [5.41, 5.74) is 2.27. The molecule has 0 heterocycles. The van der Waals surface area contributed by atoms with Gasteiger partial charge in [0.1, 0.15) is 0 Å². The Morgan fingerprint density at radius 1 is 1.12 bits per heavy atom. The van der Waals surface area contributed by atoms with E-state index in [9.17, 15) is 0 Å². The van der Waals surface area contributed by atoms with Crippen molar-refractivity contribution in [3.63, 3.8) is 0 Å². The van der Waals surface area contributed by atoms with Crippen LogP contribution < -0.4 is 15.5 Å². The molecule has 4 heteroatoms. The van der Waals surface area contributed by atoms with E-state index in [1.165, 1.54) is 5.69 Å². The third kappa shape index (κ3) is 4.23. The van der Waals surface area contributed by atoms with Crippen molar-refractivity contribution in [1.82, 2.24) is 5.32 Å². The highest BCUT2D eigenvalue weighted by molar-refractivity contribution is 7.80. The number of hydrogen-bond acceptors (Lipinski definition) is 2. The first-order chi connectivity index (χ1) is 8.21. The van der Waals surface area contributed by atoms with Crippen molar-refractivity contribution in [3.05, 3.63) is 24.3 Å². The van der Waals surface area contributed by atoms with Crippen molar-refractivity contribution in [2.24, 2.45) is 0 Å². The molecule has 0 amide bonds. The zero-order valence-electron chi connectivity index (χ0n) is 10.8. The molecule has 2 N–H and O–H groups in total. The zero-order valence-corrected chi connectivity index (χ0v) is 11.6. The Morgan fingerprint density at radius 2 is 1.71 bits per heavy atom. The molecule has 0 spiro atoms.